The van der Waals surface area contributed by atoms with Crippen LogP contribution in [0, 0.1) is 5.41 Å². The van der Waals surface area contributed by atoms with Gasteiger partial charge in [0.15, 0.2) is 0 Å². The van der Waals surface area contributed by atoms with Gasteiger partial charge in [-0.2, -0.15) is 0 Å². The number of amides is 1. The summed E-state index contributed by atoms with van der Waals surface area (Å²) in [4.78, 5) is 11.2. The van der Waals surface area contributed by atoms with Gasteiger partial charge in [0.2, 0.25) is 5.91 Å². The fourth-order valence-electron chi connectivity index (χ4n) is 1.09. The molecule has 16 heavy (non-hydrogen) atoms. The van der Waals surface area contributed by atoms with Gasteiger partial charge in [0.25, 0.3) is 0 Å². The molecule has 0 fully saturated rings. The summed E-state index contributed by atoms with van der Waals surface area (Å²) in [6, 6.07) is 5.04. The maximum atomic E-state index is 11.2. The Kier molecular flexibility index (Phi) is 4.58. The third kappa shape index (κ3) is 4.08. The summed E-state index contributed by atoms with van der Waals surface area (Å²) in [6.07, 6.45) is -0.106. The molecule has 86 valence electrons. The van der Waals surface area contributed by atoms with E-state index in [1.807, 2.05) is 0 Å². The standard InChI is InChI=1S/C10H11Cl2N3O/c11-7-2-1-6(8(12)3-7)5-15-10(16)4-9(13)14/h1-3H,4-5H2,(H3,13,14)(H,15,16). The first-order valence-electron chi connectivity index (χ1n) is 4.52. The predicted octanol–water partition coefficient (Wildman–Crippen LogP) is 1.94. The van der Waals surface area contributed by atoms with Gasteiger partial charge < -0.3 is 11.1 Å². The number of carbonyl (C=O) groups is 1. The van der Waals surface area contributed by atoms with Gasteiger partial charge in [-0.1, -0.05) is 29.3 Å². The van der Waals surface area contributed by atoms with Crippen LogP contribution >= 0.6 is 23.2 Å². The van der Waals surface area contributed by atoms with E-state index in [4.69, 9.17) is 34.3 Å². The van der Waals surface area contributed by atoms with E-state index in [1.165, 1.54) is 0 Å². The summed E-state index contributed by atoms with van der Waals surface area (Å²) in [5.41, 5.74) is 5.86. The Morgan fingerprint density at radius 1 is 1.44 bits per heavy atom. The van der Waals surface area contributed by atoms with Crippen molar-refractivity contribution < 1.29 is 4.79 Å². The summed E-state index contributed by atoms with van der Waals surface area (Å²) in [5, 5.41) is 10.6. The first-order chi connectivity index (χ1) is 7.49. The molecule has 4 N–H and O–H groups in total. The van der Waals surface area contributed by atoms with Crippen LogP contribution < -0.4 is 11.1 Å². The van der Waals surface area contributed by atoms with Crippen molar-refractivity contribution in [2.75, 3.05) is 0 Å². The lowest BCUT2D eigenvalue weighted by Gasteiger charge is -2.06. The molecule has 0 spiro atoms. The number of nitrogens with one attached hydrogen (secondary N) is 2. The summed E-state index contributed by atoms with van der Waals surface area (Å²) in [7, 11) is 0. The van der Waals surface area contributed by atoms with Crippen LogP contribution in [0.2, 0.25) is 10.0 Å². The molecule has 0 aliphatic carbocycles. The molecular formula is C10H11Cl2N3O. The molecule has 1 aromatic carbocycles. The second kappa shape index (κ2) is 5.72. The van der Waals surface area contributed by atoms with Gasteiger partial charge in [-0.3, -0.25) is 10.2 Å². The predicted molar refractivity (Wildman–Crippen MR) is 64.8 cm³/mol. The van der Waals surface area contributed by atoms with Crippen LogP contribution in [-0.2, 0) is 11.3 Å². The monoisotopic (exact) mass is 259 g/mol. The third-order valence-corrected chi connectivity index (χ3v) is 2.43. The van der Waals surface area contributed by atoms with Crippen molar-refractivity contribution in [1.82, 2.24) is 5.32 Å². The van der Waals surface area contributed by atoms with E-state index in [9.17, 15) is 4.79 Å². The molecule has 0 saturated carbocycles. The highest BCUT2D eigenvalue weighted by molar-refractivity contribution is 6.35. The maximum Gasteiger partial charge on any atom is 0.227 e. The first kappa shape index (κ1) is 12.8. The van der Waals surface area contributed by atoms with Crippen molar-refractivity contribution in [3.05, 3.63) is 33.8 Å². The van der Waals surface area contributed by atoms with E-state index in [0.717, 1.165) is 5.56 Å². The fourth-order valence-corrected chi connectivity index (χ4v) is 1.57. The molecule has 0 radical (unpaired) electrons. The average molecular weight is 260 g/mol. The number of hydrogen-bond acceptors (Lipinski definition) is 2. The van der Waals surface area contributed by atoms with Crippen molar-refractivity contribution in [2.24, 2.45) is 5.73 Å². The molecule has 0 atom stereocenters. The second-order valence-electron chi connectivity index (χ2n) is 3.21. The minimum absolute atomic E-state index is 0.106. The minimum atomic E-state index is -0.307. The maximum absolute atomic E-state index is 11.2. The molecule has 1 rings (SSSR count). The Morgan fingerprint density at radius 2 is 2.12 bits per heavy atom. The summed E-state index contributed by atoms with van der Waals surface area (Å²) in [5.74, 6) is -0.474. The molecule has 4 nitrogen and oxygen atoms in total. The molecule has 0 saturated heterocycles. The summed E-state index contributed by atoms with van der Waals surface area (Å²) < 4.78 is 0. The van der Waals surface area contributed by atoms with Crippen molar-refractivity contribution in [3.63, 3.8) is 0 Å². The number of hydrogen-bond donors (Lipinski definition) is 3. The average Bonchev–Trinajstić information content (AvgIpc) is 2.15. The first-order valence-corrected chi connectivity index (χ1v) is 5.28. The zero-order valence-electron chi connectivity index (χ0n) is 8.39. The van der Waals surface area contributed by atoms with Crippen LogP contribution in [0.3, 0.4) is 0 Å². The van der Waals surface area contributed by atoms with Crippen molar-refractivity contribution in [3.8, 4) is 0 Å². The molecule has 0 unspecified atom stereocenters. The van der Waals surface area contributed by atoms with Gasteiger partial charge in [0, 0.05) is 16.6 Å². The Morgan fingerprint density at radius 3 is 2.69 bits per heavy atom. The van der Waals surface area contributed by atoms with E-state index < -0.39 is 0 Å². The molecule has 0 aliphatic heterocycles. The van der Waals surface area contributed by atoms with Crippen molar-refractivity contribution in [2.45, 2.75) is 13.0 Å². The number of rotatable bonds is 4. The third-order valence-electron chi connectivity index (χ3n) is 1.84. The zero-order valence-corrected chi connectivity index (χ0v) is 9.90. The Balaban J connectivity index is 2.54. The Labute approximate surface area is 103 Å². The van der Waals surface area contributed by atoms with Gasteiger partial charge >= 0.3 is 0 Å². The van der Waals surface area contributed by atoms with E-state index in [0.29, 0.717) is 16.6 Å². The Hall–Kier alpha value is -1.26. The van der Waals surface area contributed by atoms with Crippen LogP contribution in [0.1, 0.15) is 12.0 Å². The smallest absolute Gasteiger partial charge is 0.227 e. The highest BCUT2D eigenvalue weighted by atomic mass is 35.5. The lowest BCUT2D eigenvalue weighted by Crippen LogP contribution is -2.27. The molecule has 0 aromatic heterocycles. The number of nitrogens with two attached hydrogens (primary N) is 1. The summed E-state index contributed by atoms with van der Waals surface area (Å²) >= 11 is 11.6. The van der Waals surface area contributed by atoms with Crippen LogP contribution in [0.4, 0.5) is 0 Å². The highest BCUT2D eigenvalue weighted by Crippen LogP contribution is 2.20. The van der Waals surface area contributed by atoms with Gasteiger partial charge in [-0.05, 0) is 17.7 Å². The van der Waals surface area contributed by atoms with Crippen LogP contribution in [0.15, 0.2) is 18.2 Å². The number of benzene rings is 1. The molecule has 0 aliphatic rings. The second-order valence-corrected chi connectivity index (χ2v) is 4.06. The van der Waals surface area contributed by atoms with Crippen LogP contribution in [0.25, 0.3) is 0 Å². The van der Waals surface area contributed by atoms with Crippen LogP contribution in [-0.4, -0.2) is 11.7 Å². The van der Waals surface area contributed by atoms with Gasteiger partial charge in [0.1, 0.15) is 0 Å². The van der Waals surface area contributed by atoms with Gasteiger partial charge in [-0.25, -0.2) is 0 Å². The number of amidine groups is 1. The van der Waals surface area contributed by atoms with Crippen molar-refractivity contribution >= 4 is 34.9 Å². The topological polar surface area (TPSA) is 79.0 Å². The molecular weight excluding hydrogens is 249 g/mol. The molecule has 6 heteroatoms. The summed E-state index contributed by atoms with van der Waals surface area (Å²) in [6.45, 7) is 0.294. The van der Waals surface area contributed by atoms with E-state index in [-0.39, 0.29) is 18.2 Å². The number of halogens is 2. The lowest BCUT2D eigenvalue weighted by atomic mass is 10.2. The van der Waals surface area contributed by atoms with E-state index >= 15 is 0 Å². The van der Waals surface area contributed by atoms with Crippen molar-refractivity contribution in [1.29, 1.82) is 5.41 Å². The van der Waals surface area contributed by atoms with Gasteiger partial charge in [-0.15, -0.1) is 0 Å². The van der Waals surface area contributed by atoms with E-state index in [2.05, 4.69) is 5.32 Å². The zero-order chi connectivity index (χ0) is 12.1. The SMILES string of the molecule is N=C(N)CC(=O)NCc1ccc(Cl)cc1Cl. The molecule has 0 bridgehead atoms. The Bertz CT molecular complexity index is 421. The van der Waals surface area contributed by atoms with Gasteiger partial charge in [0.05, 0.1) is 12.3 Å². The molecule has 1 aromatic rings. The normalized spacial score (nSPS) is 9.88. The highest BCUT2D eigenvalue weighted by Gasteiger charge is 2.05. The van der Waals surface area contributed by atoms with E-state index in [1.54, 1.807) is 18.2 Å². The quantitative estimate of drug-likeness (QED) is 0.571. The molecule has 1 amide bonds. The lowest BCUT2D eigenvalue weighted by molar-refractivity contribution is -0.120. The fraction of sp³-hybridized carbons (Fsp3) is 0.200. The number of carbonyl (C=O) groups excluding carboxylic acids is 1. The largest absolute Gasteiger partial charge is 0.387 e. The minimum Gasteiger partial charge on any atom is -0.387 e. The molecule has 0 heterocycles. The van der Waals surface area contributed by atoms with Crippen LogP contribution in [0.5, 0.6) is 0 Å².